The Hall–Kier alpha value is -1.78. The maximum absolute atomic E-state index is 11.1. The lowest BCUT2D eigenvalue weighted by atomic mass is 10.2. The van der Waals surface area contributed by atoms with Crippen LogP contribution in [0.15, 0.2) is 11.2 Å². The van der Waals surface area contributed by atoms with Crippen LogP contribution >= 0.6 is 0 Å². The zero-order valence-corrected chi connectivity index (χ0v) is 7.11. The van der Waals surface area contributed by atoms with Crippen LogP contribution in [0.25, 0.3) is 5.57 Å². The Balaban J connectivity index is 2.88. The molecule has 2 rings (SSSR count). The molecule has 1 amide bonds. The van der Waals surface area contributed by atoms with Crippen molar-refractivity contribution in [2.24, 2.45) is 4.99 Å². The number of nitrogens with zero attached hydrogens (tertiary/aromatic N) is 3. The standard InChI is InChI=1S/C8H8N4O/c1-4-2-6(13)12-8-7(4)10-3-5(9)11-8/h3H,2H2,1H3,(H2,9,11,12,13). The van der Waals surface area contributed by atoms with Crippen molar-refractivity contribution in [1.29, 1.82) is 0 Å². The molecule has 0 atom stereocenters. The quantitative estimate of drug-likeness (QED) is 0.537. The van der Waals surface area contributed by atoms with Crippen molar-refractivity contribution in [3.63, 3.8) is 0 Å². The molecular weight excluding hydrogens is 168 g/mol. The van der Waals surface area contributed by atoms with Gasteiger partial charge >= 0.3 is 0 Å². The number of carbonyl (C=O) groups excluding carboxylic acids is 1. The molecule has 0 saturated heterocycles. The molecule has 0 spiro atoms. The lowest BCUT2D eigenvalue weighted by molar-refractivity contribution is -0.117. The number of hydrogen-bond acceptors (Lipinski definition) is 4. The second-order valence-corrected chi connectivity index (χ2v) is 2.93. The minimum Gasteiger partial charge on any atom is -0.382 e. The van der Waals surface area contributed by atoms with Gasteiger partial charge in [-0.25, -0.2) is 9.97 Å². The summed E-state index contributed by atoms with van der Waals surface area (Å²) in [6.45, 7) is 1.84. The van der Waals surface area contributed by atoms with Crippen LogP contribution in [0.3, 0.4) is 0 Å². The van der Waals surface area contributed by atoms with E-state index in [9.17, 15) is 4.79 Å². The minimum absolute atomic E-state index is 0.190. The normalized spacial score (nSPS) is 15.2. The second-order valence-electron chi connectivity index (χ2n) is 2.93. The summed E-state index contributed by atoms with van der Waals surface area (Å²) in [6.07, 6.45) is 1.79. The second kappa shape index (κ2) is 2.62. The van der Waals surface area contributed by atoms with Crippen LogP contribution < -0.4 is 16.6 Å². The van der Waals surface area contributed by atoms with Gasteiger partial charge in [-0.05, 0) is 12.5 Å². The summed E-state index contributed by atoms with van der Waals surface area (Å²) in [6, 6.07) is 0. The molecule has 0 aliphatic carbocycles. The first kappa shape index (κ1) is 7.85. The van der Waals surface area contributed by atoms with E-state index < -0.39 is 0 Å². The molecule has 66 valence electrons. The van der Waals surface area contributed by atoms with Crippen LogP contribution in [0.4, 0.5) is 5.82 Å². The van der Waals surface area contributed by atoms with E-state index in [1.165, 1.54) is 6.20 Å². The summed E-state index contributed by atoms with van der Waals surface area (Å²) in [5.74, 6) is 0.0925. The lowest BCUT2D eigenvalue weighted by Gasteiger charge is -2.02. The summed E-state index contributed by atoms with van der Waals surface area (Å²) >= 11 is 0. The van der Waals surface area contributed by atoms with E-state index in [0.29, 0.717) is 17.3 Å². The van der Waals surface area contributed by atoms with E-state index in [1.54, 1.807) is 0 Å². The third-order valence-electron chi connectivity index (χ3n) is 1.82. The first-order valence-electron chi connectivity index (χ1n) is 3.86. The summed E-state index contributed by atoms with van der Waals surface area (Å²) in [5.41, 5.74) is 6.65. The predicted octanol–water partition coefficient (Wildman–Crippen LogP) is -1.22. The molecule has 5 heteroatoms. The minimum atomic E-state index is -0.190. The number of nitrogen functional groups attached to an aromatic ring is 1. The Kier molecular flexibility index (Phi) is 1.58. The molecule has 2 heterocycles. The maximum Gasteiger partial charge on any atom is 0.251 e. The van der Waals surface area contributed by atoms with Gasteiger partial charge in [0.05, 0.1) is 12.6 Å². The molecule has 0 saturated carbocycles. The smallest absolute Gasteiger partial charge is 0.251 e. The van der Waals surface area contributed by atoms with Crippen LogP contribution in [0.2, 0.25) is 0 Å². The lowest BCUT2D eigenvalue weighted by Crippen LogP contribution is -2.37. The number of aromatic nitrogens is 2. The van der Waals surface area contributed by atoms with Crippen molar-refractivity contribution in [2.75, 3.05) is 5.73 Å². The molecule has 0 bridgehead atoms. The first-order valence-corrected chi connectivity index (χ1v) is 3.86. The average molecular weight is 176 g/mol. The first-order chi connectivity index (χ1) is 6.16. The molecule has 5 nitrogen and oxygen atoms in total. The van der Waals surface area contributed by atoms with Crippen molar-refractivity contribution >= 4 is 17.3 Å². The summed E-state index contributed by atoms with van der Waals surface area (Å²) < 4.78 is 0. The molecule has 0 aromatic carbocycles. The number of carbonyl (C=O) groups is 1. The van der Waals surface area contributed by atoms with Crippen LogP contribution in [0.5, 0.6) is 0 Å². The number of amides is 1. The van der Waals surface area contributed by atoms with Gasteiger partial charge < -0.3 is 5.73 Å². The number of nitrogens with two attached hydrogens (primary N) is 1. The molecule has 1 aliphatic heterocycles. The highest BCUT2D eigenvalue weighted by Gasteiger charge is 2.09. The van der Waals surface area contributed by atoms with Crippen molar-refractivity contribution in [1.82, 2.24) is 9.97 Å². The average Bonchev–Trinajstić information content (AvgIpc) is 2.02. The van der Waals surface area contributed by atoms with E-state index in [1.807, 2.05) is 6.92 Å². The topological polar surface area (TPSA) is 81.2 Å². The van der Waals surface area contributed by atoms with Gasteiger partial charge in [0.25, 0.3) is 5.91 Å². The van der Waals surface area contributed by atoms with E-state index in [4.69, 9.17) is 5.73 Å². The molecule has 0 fully saturated rings. The maximum atomic E-state index is 11.1. The summed E-state index contributed by atoms with van der Waals surface area (Å²) in [4.78, 5) is 22.8. The van der Waals surface area contributed by atoms with Crippen LogP contribution in [-0.4, -0.2) is 15.9 Å². The Morgan fingerprint density at radius 1 is 1.54 bits per heavy atom. The monoisotopic (exact) mass is 176 g/mol. The fourth-order valence-corrected chi connectivity index (χ4v) is 1.24. The number of anilines is 1. The van der Waals surface area contributed by atoms with Gasteiger partial charge in [0.2, 0.25) is 0 Å². The van der Waals surface area contributed by atoms with Crippen LogP contribution in [-0.2, 0) is 4.79 Å². The Labute approximate surface area is 74.0 Å². The Morgan fingerprint density at radius 3 is 3.08 bits per heavy atom. The molecule has 2 N–H and O–H groups in total. The molecule has 1 aromatic heterocycles. The van der Waals surface area contributed by atoms with E-state index in [-0.39, 0.29) is 11.7 Å². The Morgan fingerprint density at radius 2 is 2.31 bits per heavy atom. The van der Waals surface area contributed by atoms with Crippen molar-refractivity contribution in [3.8, 4) is 0 Å². The van der Waals surface area contributed by atoms with E-state index in [2.05, 4.69) is 15.0 Å². The molecule has 13 heavy (non-hydrogen) atoms. The van der Waals surface area contributed by atoms with Crippen LogP contribution in [0.1, 0.15) is 13.3 Å². The van der Waals surface area contributed by atoms with Gasteiger partial charge in [0, 0.05) is 0 Å². The molecule has 0 radical (unpaired) electrons. The molecule has 1 aliphatic rings. The summed E-state index contributed by atoms with van der Waals surface area (Å²) in [5, 5.41) is 0.675. The zero-order chi connectivity index (χ0) is 9.42. The number of hydrogen-bond donors (Lipinski definition) is 1. The van der Waals surface area contributed by atoms with Gasteiger partial charge in [-0.1, -0.05) is 0 Å². The van der Waals surface area contributed by atoms with E-state index in [0.717, 1.165) is 5.57 Å². The fourth-order valence-electron chi connectivity index (χ4n) is 1.24. The van der Waals surface area contributed by atoms with Crippen molar-refractivity contribution in [2.45, 2.75) is 13.3 Å². The Bertz CT molecular complexity index is 491. The van der Waals surface area contributed by atoms with Gasteiger partial charge in [-0.15, -0.1) is 0 Å². The summed E-state index contributed by atoms with van der Waals surface area (Å²) in [7, 11) is 0. The highest BCUT2D eigenvalue weighted by molar-refractivity contribution is 5.85. The number of rotatable bonds is 0. The van der Waals surface area contributed by atoms with Crippen LogP contribution in [0, 0.1) is 0 Å². The third kappa shape index (κ3) is 1.28. The number of fused-ring (bicyclic) bond motifs is 1. The van der Waals surface area contributed by atoms with Gasteiger partial charge in [-0.3, -0.25) is 4.79 Å². The van der Waals surface area contributed by atoms with Crippen molar-refractivity contribution in [3.05, 3.63) is 17.0 Å². The highest BCUT2D eigenvalue weighted by Crippen LogP contribution is 2.01. The molecular formula is C8H8N4O. The van der Waals surface area contributed by atoms with Gasteiger partial charge in [-0.2, -0.15) is 4.99 Å². The molecule has 1 aromatic rings. The van der Waals surface area contributed by atoms with E-state index >= 15 is 0 Å². The molecule has 0 unspecified atom stereocenters. The largest absolute Gasteiger partial charge is 0.382 e. The fraction of sp³-hybridized carbons (Fsp3) is 0.250. The predicted molar refractivity (Wildman–Crippen MR) is 45.9 cm³/mol. The van der Waals surface area contributed by atoms with Gasteiger partial charge in [0.1, 0.15) is 11.2 Å². The zero-order valence-electron chi connectivity index (χ0n) is 7.11. The van der Waals surface area contributed by atoms with Crippen molar-refractivity contribution < 1.29 is 4.79 Å². The van der Waals surface area contributed by atoms with Gasteiger partial charge in [0.15, 0.2) is 5.49 Å². The third-order valence-corrected chi connectivity index (χ3v) is 1.82. The SMILES string of the molecule is CC1=c2ncc(N)nc2=NC(=O)C1. The highest BCUT2D eigenvalue weighted by atomic mass is 16.1.